The number of carbonyl (C=O) groups excluding carboxylic acids is 1. The molecule has 128 valence electrons. The smallest absolute Gasteiger partial charge is 0.334 e. The van der Waals surface area contributed by atoms with Gasteiger partial charge in [0.2, 0.25) is 5.91 Å². The number of amides is 1. The van der Waals surface area contributed by atoms with Gasteiger partial charge in [-0.2, -0.15) is 13.2 Å². The number of carbonyl (C=O) groups is 1. The van der Waals surface area contributed by atoms with Crippen LogP contribution in [0, 0.1) is 12.3 Å². The molecule has 2 rings (SSSR count). The molecule has 0 aromatic heterocycles. The number of likely N-dealkylation sites (N-methyl/N-ethyl adjacent to an activating group) is 1. The third-order valence-corrected chi connectivity index (χ3v) is 3.93. The van der Waals surface area contributed by atoms with E-state index in [-0.39, 0.29) is 18.0 Å². The van der Waals surface area contributed by atoms with Crippen molar-refractivity contribution in [2.75, 3.05) is 26.7 Å². The van der Waals surface area contributed by atoms with Crippen LogP contribution in [-0.4, -0.2) is 42.4 Å². The van der Waals surface area contributed by atoms with Gasteiger partial charge in [0.05, 0.1) is 12.1 Å². The van der Waals surface area contributed by atoms with Gasteiger partial charge >= 0.3 is 6.18 Å². The molecule has 6 heteroatoms. The zero-order valence-corrected chi connectivity index (χ0v) is 13.4. The summed E-state index contributed by atoms with van der Waals surface area (Å²) in [7, 11) is 1.82. The minimum absolute atomic E-state index is 0.0195. The molecular formula is C18H19F3N2O. The van der Waals surface area contributed by atoms with Gasteiger partial charge in [-0.1, -0.05) is 24.1 Å². The van der Waals surface area contributed by atoms with Crippen LogP contribution in [0.4, 0.5) is 13.2 Å². The quantitative estimate of drug-likeness (QED) is 0.623. The molecule has 0 atom stereocenters. The van der Waals surface area contributed by atoms with Gasteiger partial charge in [-0.05, 0) is 30.7 Å². The van der Waals surface area contributed by atoms with Crippen molar-refractivity contribution in [3.8, 4) is 12.3 Å². The molecular weight excluding hydrogens is 317 g/mol. The van der Waals surface area contributed by atoms with E-state index in [0.717, 1.165) is 6.07 Å². The normalized spacial score (nSPS) is 14.8. The molecule has 0 N–H and O–H groups in total. The number of hydrogen-bond acceptors (Lipinski definition) is 2. The molecule has 1 amide bonds. The molecule has 0 saturated carbocycles. The van der Waals surface area contributed by atoms with Crippen molar-refractivity contribution in [3.63, 3.8) is 0 Å². The van der Waals surface area contributed by atoms with E-state index in [1.54, 1.807) is 12.1 Å². The average molecular weight is 336 g/mol. The molecule has 1 aromatic rings. The average Bonchev–Trinajstić information content (AvgIpc) is 2.53. The van der Waals surface area contributed by atoms with Gasteiger partial charge in [0, 0.05) is 25.7 Å². The van der Waals surface area contributed by atoms with Gasteiger partial charge in [-0.15, -0.1) is 6.42 Å². The molecule has 0 spiro atoms. The van der Waals surface area contributed by atoms with Crippen LogP contribution in [0.3, 0.4) is 0 Å². The summed E-state index contributed by atoms with van der Waals surface area (Å²) in [6.07, 6.45) is 4.27. The SMILES string of the molecule is C#CCN(C)C/C=C/C(=O)N1CCc2cccc(C(F)(F)F)c2C1. The molecule has 0 radical (unpaired) electrons. The van der Waals surface area contributed by atoms with Crippen molar-refractivity contribution >= 4 is 5.91 Å². The summed E-state index contributed by atoms with van der Waals surface area (Å²) < 4.78 is 39.4. The third-order valence-electron chi connectivity index (χ3n) is 3.93. The van der Waals surface area contributed by atoms with Crippen molar-refractivity contribution in [2.45, 2.75) is 19.1 Å². The molecule has 0 bridgehead atoms. The number of alkyl halides is 3. The van der Waals surface area contributed by atoms with Gasteiger partial charge in [-0.25, -0.2) is 0 Å². The van der Waals surface area contributed by atoms with Crippen LogP contribution in [0.15, 0.2) is 30.4 Å². The van der Waals surface area contributed by atoms with Crippen molar-refractivity contribution in [1.82, 2.24) is 9.80 Å². The second kappa shape index (κ2) is 7.54. The second-order valence-corrected chi connectivity index (χ2v) is 5.75. The summed E-state index contributed by atoms with van der Waals surface area (Å²) in [5.74, 6) is 2.21. The van der Waals surface area contributed by atoms with Crippen LogP contribution >= 0.6 is 0 Å². The number of fused-ring (bicyclic) bond motifs is 1. The molecule has 3 nitrogen and oxygen atoms in total. The van der Waals surface area contributed by atoms with Gasteiger partial charge < -0.3 is 4.90 Å². The van der Waals surface area contributed by atoms with E-state index in [1.165, 1.54) is 17.0 Å². The lowest BCUT2D eigenvalue weighted by Gasteiger charge is -2.30. The van der Waals surface area contributed by atoms with E-state index in [4.69, 9.17) is 6.42 Å². The highest BCUT2D eigenvalue weighted by Gasteiger charge is 2.35. The summed E-state index contributed by atoms with van der Waals surface area (Å²) in [5.41, 5.74) is 0.198. The van der Waals surface area contributed by atoms with Crippen molar-refractivity contribution in [3.05, 3.63) is 47.0 Å². The largest absolute Gasteiger partial charge is 0.416 e. The Labute approximate surface area is 139 Å². The van der Waals surface area contributed by atoms with Gasteiger partial charge in [0.25, 0.3) is 0 Å². The summed E-state index contributed by atoms with van der Waals surface area (Å²) in [6, 6.07) is 4.18. The Morgan fingerprint density at radius 2 is 2.21 bits per heavy atom. The van der Waals surface area contributed by atoms with E-state index in [2.05, 4.69) is 5.92 Å². The fourth-order valence-corrected chi connectivity index (χ4v) is 2.69. The lowest BCUT2D eigenvalue weighted by Crippen LogP contribution is -2.36. The van der Waals surface area contributed by atoms with Crippen LogP contribution in [0.25, 0.3) is 0 Å². The zero-order chi connectivity index (χ0) is 17.7. The Hall–Kier alpha value is -2.26. The molecule has 0 aliphatic carbocycles. The van der Waals surface area contributed by atoms with E-state index >= 15 is 0 Å². The monoisotopic (exact) mass is 336 g/mol. The molecule has 24 heavy (non-hydrogen) atoms. The maximum absolute atomic E-state index is 13.1. The maximum atomic E-state index is 13.1. The maximum Gasteiger partial charge on any atom is 0.416 e. The number of halogens is 3. The summed E-state index contributed by atoms with van der Waals surface area (Å²) in [4.78, 5) is 15.5. The Morgan fingerprint density at radius 1 is 1.46 bits per heavy atom. The number of terminal acetylenes is 1. The fourth-order valence-electron chi connectivity index (χ4n) is 2.69. The van der Waals surface area contributed by atoms with Crippen LogP contribution < -0.4 is 0 Å². The second-order valence-electron chi connectivity index (χ2n) is 5.75. The summed E-state index contributed by atoms with van der Waals surface area (Å²) >= 11 is 0. The first-order valence-electron chi connectivity index (χ1n) is 7.58. The van der Waals surface area contributed by atoms with Crippen molar-refractivity contribution in [2.24, 2.45) is 0 Å². The van der Waals surface area contributed by atoms with Gasteiger partial charge in [0.15, 0.2) is 0 Å². The van der Waals surface area contributed by atoms with Gasteiger partial charge in [0.1, 0.15) is 0 Å². The zero-order valence-electron chi connectivity index (χ0n) is 13.4. The highest BCUT2D eigenvalue weighted by atomic mass is 19.4. The van der Waals surface area contributed by atoms with Gasteiger partial charge in [-0.3, -0.25) is 9.69 Å². The first kappa shape index (κ1) is 18.1. The molecule has 1 heterocycles. The Bertz CT molecular complexity index is 674. The topological polar surface area (TPSA) is 23.6 Å². The van der Waals surface area contributed by atoms with E-state index in [0.29, 0.717) is 31.6 Å². The first-order valence-corrected chi connectivity index (χ1v) is 7.58. The lowest BCUT2D eigenvalue weighted by atomic mass is 9.94. The summed E-state index contributed by atoms with van der Waals surface area (Å²) in [6.45, 7) is 1.37. The molecule has 0 fully saturated rings. The third kappa shape index (κ3) is 4.39. The highest BCUT2D eigenvalue weighted by molar-refractivity contribution is 5.87. The molecule has 1 aromatic carbocycles. The van der Waals surface area contributed by atoms with Crippen LogP contribution in [0.5, 0.6) is 0 Å². The standard InChI is InChI=1S/C18H19F3N2O/c1-3-10-22(2)11-5-8-17(24)23-12-9-14-6-4-7-16(15(14)13-23)18(19,20)21/h1,4-8H,9-13H2,2H3/b8-5+. The van der Waals surface area contributed by atoms with E-state index in [1.807, 2.05) is 11.9 Å². The number of nitrogens with zero attached hydrogens (tertiary/aromatic N) is 2. The van der Waals surface area contributed by atoms with E-state index < -0.39 is 11.7 Å². The predicted molar refractivity (Wildman–Crippen MR) is 86.0 cm³/mol. The van der Waals surface area contributed by atoms with Crippen LogP contribution in [-0.2, 0) is 23.9 Å². The minimum Gasteiger partial charge on any atom is -0.334 e. The molecule has 0 unspecified atom stereocenters. The van der Waals surface area contributed by atoms with Crippen LogP contribution in [0.1, 0.15) is 16.7 Å². The van der Waals surface area contributed by atoms with Crippen LogP contribution in [0.2, 0.25) is 0 Å². The molecule has 1 aliphatic heterocycles. The fraction of sp³-hybridized carbons (Fsp3) is 0.389. The summed E-state index contributed by atoms with van der Waals surface area (Å²) in [5, 5.41) is 0. The molecule has 0 saturated heterocycles. The Kier molecular flexibility index (Phi) is 5.68. The minimum atomic E-state index is -4.41. The highest BCUT2D eigenvalue weighted by Crippen LogP contribution is 2.35. The van der Waals surface area contributed by atoms with Crippen molar-refractivity contribution in [1.29, 1.82) is 0 Å². The Morgan fingerprint density at radius 3 is 2.88 bits per heavy atom. The van der Waals surface area contributed by atoms with E-state index in [9.17, 15) is 18.0 Å². The Balaban J connectivity index is 2.08. The number of benzene rings is 1. The predicted octanol–water partition coefficient (Wildman–Crippen LogP) is 2.71. The molecule has 1 aliphatic rings. The number of hydrogen-bond donors (Lipinski definition) is 0. The number of rotatable bonds is 4. The van der Waals surface area contributed by atoms with Crippen molar-refractivity contribution < 1.29 is 18.0 Å². The first-order chi connectivity index (χ1) is 11.3. The lowest BCUT2D eigenvalue weighted by molar-refractivity contribution is -0.139.